The molecule has 0 aliphatic rings. The largest absolute Gasteiger partial charge is 0.283 e. The molecule has 3 rings (SSSR count). The normalized spacial score (nSPS) is 12.5. The van der Waals surface area contributed by atoms with Crippen LogP contribution in [0.25, 0.3) is 11.6 Å². The van der Waals surface area contributed by atoms with Gasteiger partial charge in [-0.2, -0.15) is 0 Å². The van der Waals surface area contributed by atoms with E-state index in [4.69, 9.17) is 23.2 Å². The van der Waals surface area contributed by atoms with Crippen molar-refractivity contribution in [3.8, 4) is 0 Å². The number of hydrogen-bond acceptors (Lipinski definition) is 1. The molecule has 3 nitrogen and oxygen atoms in total. The van der Waals surface area contributed by atoms with E-state index < -0.39 is 7.44 Å². The van der Waals surface area contributed by atoms with Crippen molar-refractivity contribution >= 4 is 47.6 Å². The van der Waals surface area contributed by atoms with Gasteiger partial charge in [-0.05, 0) is 58.7 Å². The third-order valence-electron chi connectivity index (χ3n) is 6.07. The van der Waals surface area contributed by atoms with Crippen LogP contribution in [-0.2, 0) is 4.57 Å². The zero-order chi connectivity index (χ0) is 24.7. The lowest BCUT2D eigenvalue weighted by atomic mass is 9.95. The Bertz CT molecular complexity index is 1140. The van der Waals surface area contributed by atoms with Crippen LogP contribution in [-0.4, -0.2) is 35.5 Å². The summed E-state index contributed by atoms with van der Waals surface area (Å²) in [5.74, 6) is 0. The van der Waals surface area contributed by atoms with Gasteiger partial charge in [0.25, 0.3) is 0 Å². The summed E-state index contributed by atoms with van der Waals surface area (Å²) in [7, 11) is -3.05. The SMILES string of the molecule is CCN(CC)P(=O)(c1ccccc1/C(=C/c1ccc(Cl)cc1)c1ccc(Cl)cc1)N(CC)CC. The topological polar surface area (TPSA) is 23.6 Å². The zero-order valence-corrected chi connectivity index (χ0v) is 22.7. The molecule has 0 aliphatic carbocycles. The molecule has 0 N–H and O–H groups in total. The first-order chi connectivity index (χ1) is 16.4. The second-order valence-corrected chi connectivity index (χ2v) is 11.5. The number of halogens is 2. The maximum Gasteiger partial charge on any atom is 0.246 e. The molecule has 0 saturated heterocycles. The van der Waals surface area contributed by atoms with Gasteiger partial charge in [0.15, 0.2) is 0 Å². The summed E-state index contributed by atoms with van der Waals surface area (Å²) < 4.78 is 19.3. The Morgan fingerprint density at radius 3 is 1.71 bits per heavy atom. The van der Waals surface area contributed by atoms with Crippen LogP contribution in [0.4, 0.5) is 0 Å². The van der Waals surface area contributed by atoms with Gasteiger partial charge in [-0.15, -0.1) is 0 Å². The molecule has 34 heavy (non-hydrogen) atoms. The standard InChI is InChI=1S/C28H33Cl2N2OP/c1-5-31(6-2)34(33,32(7-3)8-4)28-12-10-9-11-26(28)27(23-15-19-25(30)20-16-23)21-22-13-17-24(29)18-14-22/h9-21H,5-8H2,1-4H3/b27-21+. The Morgan fingerprint density at radius 1 is 0.735 bits per heavy atom. The molecule has 0 heterocycles. The minimum absolute atomic E-state index is 0.680. The molecule has 0 unspecified atom stereocenters. The van der Waals surface area contributed by atoms with Gasteiger partial charge in [0.1, 0.15) is 0 Å². The van der Waals surface area contributed by atoms with Crippen LogP contribution in [0.3, 0.4) is 0 Å². The van der Waals surface area contributed by atoms with E-state index in [0.29, 0.717) is 36.2 Å². The van der Waals surface area contributed by atoms with Gasteiger partial charge in [-0.1, -0.05) is 93.4 Å². The average Bonchev–Trinajstić information content (AvgIpc) is 2.86. The van der Waals surface area contributed by atoms with E-state index in [2.05, 4.69) is 49.2 Å². The van der Waals surface area contributed by atoms with E-state index in [9.17, 15) is 0 Å². The number of hydrogen-bond donors (Lipinski definition) is 0. The predicted molar refractivity (Wildman–Crippen MR) is 149 cm³/mol. The summed E-state index contributed by atoms with van der Waals surface area (Å²) in [5, 5.41) is 2.23. The van der Waals surface area contributed by atoms with Gasteiger partial charge in [0, 0.05) is 41.5 Å². The third-order valence-corrected chi connectivity index (χ3v) is 10.3. The monoisotopic (exact) mass is 514 g/mol. The second kappa shape index (κ2) is 12.2. The highest BCUT2D eigenvalue weighted by Crippen LogP contribution is 2.53. The van der Waals surface area contributed by atoms with Crippen LogP contribution in [0.5, 0.6) is 0 Å². The fourth-order valence-electron chi connectivity index (χ4n) is 4.32. The van der Waals surface area contributed by atoms with Gasteiger partial charge in [-0.25, -0.2) is 9.34 Å². The van der Waals surface area contributed by atoms with Crippen LogP contribution in [0, 0.1) is 0 Å². The first-order valence-electron chi connectivity index (χ1n) is 11.8. The Balaban J connectivity index is 2.33. The highest BCUT2D eigenvalue weighted by molar-refractivity contribution is 7.67. The summed E-state index contributed by atoms with van der Waals surface area (Å²) in [6.45, 7) is 11.1. The first-order valence-corrected chi connectivity index (χ1v) is 14.2. The number of benzene rings is 3. The second-order valence-electron chi connectivity index (χ2n) is 7.96. The molecule has 0 amide bonds. The lowest BCUT2D eigenvalue weighted by Crippen LogP contribution is -2.38. The van der Waals surface area contributed by atoms with E-state index in [-0.39, 0.29) is 0 Å². The molecule has 0 atom stereocenters. The highest BCUT2D eigenvalue weighted by Gasteiger charge is 2.38. The van der Waals surface area contributed by atoms with E-state index >= 15 is 4.57 Å². The fourth-order valence-corrected chi connectivity index (χ4v) is 7.87. The van der Waals surface area contributed by atoms with E-state index in [1.165, 1.54) is 0 Å². The molecule has 0 saturated carbocycles. The fraction of sp³-hybridized carbons (Fsp3) is 0.286. The molecule has 0 fully saturated rings. The Hall–Kier alpha value is -1.87. The molecule has 0 radical (unpaired) electrons. The molecular formula is C28H33Cl2N2OP. The van der Waals surface area contributed by atoms with Crippen LogP contribution in [0.15, 0.2) is 72.8 Å². The van der Waals surface area contributed by atoms with Gasteiger partial charge in [0.05, 0.1) is 0 Å². The number of rotatable bonds is 10. The van der Waals surface area contributed by atoms with Crippen molar-refractivity contribution in [1.29, 1.82) is 0 Å². The van der Waals surface area contributed by atoms with Crippen molar-refractivity contribution in [3.63, 3.8) is 0 Å². The lowest BCUT2D eigenvalue weighted by molar-refractivity contribution is 0.369. The van der Waals surface area contributed by atoms with Crippen LogP contribution < -0.4 is 5.30 Å². The summed E-state index contributed by atoms with van der Waals surface area (Å²) in [4.78, 5) is 0. The highest BCUT2D eigenvalue weighted by atomic mass is 35.5. The summed E-state index contributed by atoms with van der Waals surface area (Å²) in [5.41, 5.74) is 3.98. The van der Waals surface area contributed by atoms with E-state index in [0.717, 1.165) is 27.6 Å². The van der Waals surface area contributed by atoms with Crippen molar-refractivity contribution in [2.24, 2.45) is 0 Å². The zero-order valence-electron chi connectivity index (χ0n) is 20.3. The van der Waals surface area contributed by atoms with Crippen LogP contribution in [0.2, 0.25) is 10.0 Å². The number of nitrogens with zero attached hydrogens (tertiary/aromatic N) is 2. The average molecular weight is 515 g/mol. The first kappa shape index (κ1) is 26.7. The lowest BCUT2D eigenvalue weighted by Gasteiger charge is -2.39. The molecule has 0 aromatic heterocycles. The Kier molecular flexibility index (Phi) is 9.59. The third kappa shape index (κ3) is 5.67. The molecule has 3 aromatic carbocycles. The smallest absolute Gasteiger partial charge is 0.246 e. The van der Waals surface area contributed by atoms with Gasteiger partial charge in [-0.3, -0.25) is 4.57 Å². The Labute approximate surface area is 214 Å². The summed E-state index contributed by atoms with van der Waals surface area (Å²) >= 11 is 12.3. The van der Waals surface area contributed by atoms with E-state index in [1.807, 2.05) is 66.7 Å². The van der Waals surface area contributed by atoms with Crippen molar-refractivity contribution in [3.05, 3.63) is 99.5 Å². The van der Waals surface area contributed by atoms with Gasteiger partial charge in [0.2, 0.25) is 7.44 Å². The van der Waals surface area contributed by atoms with Crippen LogP contribution >= 0.6 is 30.6 Å². The predicted octanol–water partition coefficient (Wildman–Crippen LogP) is 8.08. The van der Waals surface area contributed by atoms with Gasteiger partial charge < -0.3 is 0 Å². The van der Waals surface area contributed by atoms with Crippen molar-refractivity contribution < 1.29 is 4.57 Å². The molecule has 0 bridgehead atoms. The maximum absolute atomic E-state index is 15.0. The summed E-state index contributed by atoms with van der Waals surface area (Å²) in [6, 6.07) is 23.7. The molecular weight excluding hydrogens is 482 g/mol. The molecule has 180 valence electrons. The van der Waals surface area contributed by atoms with Crippen molar-refractivity contribution in [1.82, 2.24) is 9.34 Å². The molecule has 6 heteroatoms. The minimum Gasteiger partial charge on any atom is -0.283 e. The molecule has 0 spiro atoms. The maximum atomic E-state index is 15.0. The molecule has 0 aliphatic heterocycles. The van der Waals surface area contributed by atoms with Gasteiger partial charge >= 0.3 is 0 Å². The van der Waals surface area contributed by atoms with Crippen LogP contribution in [0.1, 0.15) is 44.4 Å². The van der Waals surface area contributed by atoms with Crippen molar-refractivity contribution in [2.75, 3.05) is 26.2 Å². The van der Waals surface area contributed by atoms with Crippen molar-refractivity contribution in [2.45, 2.75) is 27.7 Å². The summed E-state index contributed by atoms with van der Waals surface area (Å²) in [6.07, 6.45) is 2.13. The minimum atomic E-state index is -3.05. The van der Waals surface area contributed by atoms with E-state index in [1.54, 1.807) is 0 Å². The molecule has 3 aromatic rings. The quantitative estimate of drug-likeness (QED) is 0.201. The Morgan fingerprint density at radius 2 is 1.21 bits per heavy atom.